The van der Waals surface area contributed by atoms with Crippen molar-refractivity contribution in [2.45, 2.75) is 83.4 Å². The van der Waals surface area contributed by atoms with Crippen molar-refractivity contribution in [1.82, 2.24) is 15.1 Å². The maximum atomic E-state index is 13.7. The minimum Gasteiger partial charge on any atom is -0.493 e. The molecule has 77 heavy (non-hydrogen) atoms. The van der Waals surface area contributed by atoms with Crippen molar-refractivity contribution in [3.8, 4) is 28.7 Å². The number of carbonyl (C=O) groups excluding carboxylic acids is 3. The van der Waals surface area contributed by atoms with Crippen LogP contribution in [-0.2, 0) is 41.7 Å². The molecule has 0 spiro atoms. The molecule has 20 heteroatoms. The van der Waals surface area contributed by atoms with Crippen LogP contribution in [0, 0.1) is 0 Å². The lowest BCUT2D eigenvalue weighted by atomic mass is 10.1. The Labute approximate surface area is 461 Å². The van der Waals surface area contributed by atoms with Gasteiger partial charge in [-0.1, -0.05) is 44.9 Å². The van der Waals surface area contributed by atoms with Crippen molar-refractivity contribution >= 4 is 63.1 Å². The van der Waals surface area contributed by atoms with Crippen molar-refractivity contribution in [2.75, 3.05) is 113 Å². The molecule has 0 bridgehead atoms. The van der Waals surface area contributed by atoms with E-state index in [1.54, 1.807) is 60.1 Å². The number of hydrogen-bond donors (Lipinski definition) is 1. The molecule has 3 aromatic rings. The Kier molecular flexibility index (Phi) is 23.0. The first kappa shape index (κ1) is 59.1. The number of rotatable bonds is 32. The maximum absolute atomic E-state index is 13.7. The van der Waals surface area contributed by atoms with Gasteiger partial charge >= 0.3 is 0 Å². The van der Waals surface area contributed by atoms with Gasteiger partial charge in [0.1, 0.15) is 25.6 Å². The van der Waals surface area contributed by atoms with Crippen molar-refractivity contribution in [1.29, 1.82) is 0 Å². The van der Waals surface area contributed by atoms with Crippen molar-refractivity contribution in [3.05, 3.63) is 88.0 Å². The number of aliphatic imine (C=N–C) groups is 2. The van der Waals surface area contributed by atoms with Gasteiger partial charge < -0.3 is 62.5 Å². The molecule has 418 valence electrons. The van der Waals surface area contributed by atoms with Crippen LogP contribution in [0.2, 0.25) is 0 Å². The Bertz CT molecular complexity index is 2470. The van der Waals surface area contributed by atoms with E-state index in [9.17, 15) is 14.4 Å². The molecule has 0 unspecified atom stereocenters. The molecule has 2 atom stereocenters. The summed E-state index contributed by atoms with van der Waals surface area (Å²) in [5.74, 6) is 2.11. The van der Waals surface area contributed by atoms with Gasteiger partial charge in [0.2, 0.25) is 5.91 Å². The molecule has 1 N–H and O–H groups in total. The molecule has 0 saturated carbocycles. The Morgan fingerprint density at radius 1 is 0.636 bits per heavy atom. The molecule has 4 heterocycles. The summed E-state index contributed by atoms with van der Waals surface area (Å²) in [5.41, 5.74) is 5.92. The van der Waals surface area contributed by atoms with Gasteiger partial charge in [0.05, 0.1) is 115 Å². The zero-order valence-electron chi connectivity index (χ0n) is 45.6. The summed E-state index contributed by atoms with van der Waals surface area (Å²) in [7, 11) is 6.60. The summed E-state index contributed by atoms with van der Waals surface area (Å²) in [5, 5.41) is 2.91. The molecule has 2 fully saturated rings. The van der Waals surface area contributed by atoms with Gasteiger partial charge in [-0.2, -0.15) is 0 Å². The van der Waals surface area contributed by atoms with E-state index in [0.29, 0.717) is 143 Å². The molecule has 2 saturated heterocycles. The second-order valence-electron chi connectivity index (χ2n) is 19.2. The predicted octanol–water partition coefficient (Wildman–Crippen LogP) is 8.76. The number of ether oxygens (including phenoxy) is 10. The lowest BCUT2D eigenvalue weighted by molar-refractivity contribution is -0.121. The van der Waals surface area contributed by atoms with Crippen LogP contribution in [-0.4, -0.2) is 170 Å². The zero-order valence-corrected chi connectivity index (χ0v) is 47.2. The quantitative estimate of drug-likeness (QED) is 0.0355. The molecular formula is C57H75N5O13S2. The van der Waals surface area contributed by atoms with Crippen molar-refractivity contribution < 1.29 is 61.8 Å². The maximum Gasteiger partial charge on any atom is 0.257 e. The highest BCUT2D eigenvalue weighted by molar-refractivity contribution is 8.76. The number of carbonyl (C=O) groups is 3. The first-order valence-electron chi connectivity index (χ1n) is 26.2. The summed E-state index contributed by atoms with van der Waals surface area (Å²) in [4.78, 5) is 52.7. The number of allylic oxidation sites excluding steroid dienone is 2. The van der Waals surface area contributed by atoms with Gasteiger partial charge in [-0.25, -0.2) is 0 Å². The second kappa shape index (κ2) is 29.9. The van der Waals surface area contributed by atoms with Gasteiger partial charge in [-0.3, -0.25) is 24.4 Å². The number of amides is 3. The third-order valence-electron chi connectivity index (χ3n) is 13.3. The first-order chi connectivity index (χ1) is 37.4. The van der Waals surface area contributed by atoms with Crippen LogP contribution < -0.4 is 29.0 Å². The fourth-order valence-corrected chi connectivity index (χ4v) is 11.3. The number of nitrogens with zero attached hydrogens (tertiary/aromatic N) is 4. The van der Waals surface area contributed by atoms with E-state index in [4.69, 9.17) is 57.4 Å². The average molecular weight is 1100 g/mol. The number of methoxy groups -OCH3 is 2. The van der Waals surface area contributed by atoms with Crippen LogP contribution in [0.3, 0.4) is 0 Å². The van der Waals surface area contributed by atoms with Crippen LogP contribution in [0.25, 0.3) is 0 Å². The molecule has 7 rings (SSSR count). The smallest absolute Gasteiger partial charge is 0.257 e. The van der Waals surface area contributed by atoms with Gasteiger partial charge in [0, 0.05) is 55.4 Å². The fraction of sp³-hybridized carbons (Fsp3) is 0.526. The van der Waals surface area contributed by atoms with Crippen LogP contribution in [0.4, 0.5) is 11.4 Å². The molecule has 3 amide bonds. The SMILES string of the molecule is CC=C1C[C@H]2C=Nc3cc(OCc4cc(COc5cc6c(cc5OC)C(=O)N5CC(=CC)C[C@H]5C=N6)cc(OCCOCCOCCOCCOCCOCCNC(=O)CCC(C)(C)SSC)c4)c(OC)cc3C(=O)N2C1. The largest absolute Gasteiger partial charge is 0.493 e. The molecule has 4 aliphatic rings. The third kappa shape index (κ3) is 17.2. The van der Waals surface area contributed by atoms with Gasteiger partial charge in [0.25, 0.3) is 11.8 Å². The lowest BCUT2D eigenvalue weighted by Crippen LogP contribution is -2.35. The highest BCUT2D eigenvalue weighted by atomic mass is 33.1. The molecule has 0 aromatic heterocycles. The molecular weight excluding hydrogens is 1030 g/mol. The standard InChI is InChI=1S/C57H75N5O13S2/c1-8-39-25-43-33-59-48-31-52(50(66-5)29-46(48)55(64)61(43)35-39)74-37-41-24-42(38-75-53-32-49-47(30-51(53)67-6)56(65)62-36-40(9-2)26-44(62)34-60-49)28-45(27-41)73-23-22-72-21-20-71-19-18-70-17-16-69-15-14-68-13-12-58-54(63)10-11-57(3,4)77-76-7/h8-9,24,27-34,43-44H,10-23,25-26,35-38H2,1-7H3,(H,58,63)/t43-,44-/m0/s1. The second-order valence-corrected chi connectivity index (χ2v) is 22.3. The minimum absolute atomic E-state index is 0.0443. The predicted molar refractivity (Wildman–Crippen MR) is 301 cm³/mol. The van der Waals surface area contributed by atoms with E-state index in [0.717, 1.165) is 30.4 Å². The number of benzene rings is 3. The summed E-state index contributed by atoms with van der Waals surface area (Å²) in [6, 6.07) is 12.4. The normalized spacial score (nSPS) is 17.8. The van der Waals surface area contributed by atoms with E-state index < -0.39 is 0 Å². The van der Waals surface area contributed by atoms with Crippen LogP contribution >= 0.6 is 21.6 Å². The zero-order chi connectivity index (χ0) is 54.6. The van der Waals surface area contributed by atoms with E-state index >= 15 is 0 Å². The van der Waals surface area contributed by atoms with Crippen molar-refractivity contribution in [3.63, 3.8) is 0 Å². The summed E-state index contributed by atoms with van der Waals surface area (Å²) >= 11 is 0. The lowest BCUT2D eigenvalue weighted by Gasteiger charge is -2.21. The monoisotopic (exact) mass is 1100 g/mol. The van der Waals surface area contributed by atoms with Crippen LogP contribution in [0.1, 0.15) is 85.2 Å². The van der Waals surface area contributed by atoms with Gasteiger partial charge in [0.15, 0.2) is 23.0 Å². The Hall–Kier alpha value is -5.61. The number of nitrogens with one attached hydrogen (secondary N) is 1. The summed E-state index contributed by atoms with van der Waals surface area (Å²) in [6.07, 6.45) is 12.7. The van der Waals surface area contributed by atoms with Crippen LogP contribution in [0.5, 0.6) is 28.7 Å². The van der Waals surface area contributed by atoms with E-state index in [1.807, 2.05) is 60.5 Å². The number of fused-ring (bicyclic) bond motifs is 4. The highest BCUT2D eigenvalue weighted by Crippen LogP contribution is 2.41. The Balaban J connectivity index is 0.867. The molecule has 0 radical (unpaired) electrons. The van der Waals surface area contributed by atoms with Gasteiger partial charge in [-0.15, -0.1) is 0 Å². The van der Waals surface area contributed by atoms with E-state index in [1.165, 1.54) is 11.1 Å². The first-order valence-corrected chi connectivity index (χ1v) is 28.8. The molecule has 3 aromatic carbocycles. The minimum atomic E-state index is -0.109. The molecule has 0 aliphatic carbocycles. The third-order valence-corrected chi connectivity index (χ3v) is 15.9. The molecule has 18 nitrogen and oxygen atoms in total. The van der Waals surface area contributed by atoms with Crippen LogP contribution in [0.15, 0.2) is 75.7 Å². The van der Waals surface area contributed by atoms with E-state index in [-0.39, 0.29) is 54.4 Å². The Morgan fingerprint density at radius 2 is 1.09 bits per heavy atom. The summed E-state index contributed by atoms with van der Waals surface area (Å²) < 4.78 is 58.9. The van der Waals surface area contributed by atoms with Crippen molar-refractivity contribution in [2.24, 2.45) is 9.98 Å². The number of hydrogen-bond acceptors (Lipinski definition) is 17. The average Bonchev–Trinajstić information content (AvgIpc) is 4.00. The fourth-order valence-electron chi connectivity index (χ4n) is 9.06. The topological polar surface area (TPSA) is 187 Å². The molecule has 4 aliphatic heterocycles. The van der Waals surface area contributed by atoms with E-state index in [2.05, 4.69) is 31.3 Å². The summed E-state index contributed by atoms with van der Waals surface area (Å²) in [6.45, 7) is 14.6. The highest BCUT2D eigenvalue weighted by Gasteiger charge is 2.36. The van der Waals surface area contributed by atoms with Gasteiger partial charge in [-0.05, 0) is 94.7 Å². The Morgan fingerprint density at radius 3 is 1.53 bits per heavy atom.